The van der Waals surface area contributed by atoms with Gasteiger partial charge in [0, 0.05) is 43.5 Å². The van der Waals surface area contributed by atoms with E-state index in [1.54, 1.807) is 21.9 Å². The molecule has 0 spiro atoms. The van der Waals surface area contributed by atoms with Gasteiger partial charge in [0.1, 0.15) is 5.75 Å². The van der Waals surface area contributed by atoms with Crippen molar-refractivity contribution in [1.82, 2.24) is 14.8 Å². The predicted molar refractivity (Wildman–Crippen MR) is 98.2 cm³/mol. The van der Waals surface area contributed by atoms with Gasteiger partial charge in [0.25, 0.3) is 5.91 Å². The molecular formula is C20H19N3O3. The van der Waals surface area contributed by atoms with Crippen LogP contribution in [0.3, 0.4) is 0 Å². The zero-order valence-electron chi connectivity index (χ0n) is 14.2. The van der Waals surface area contributed by atoms with Crippen LogP contribution in [-0.2, 0) is 0 Å². The summed E-state index contributed by atoms with van der Waals surface area (Å²) in [6.07, 6.45) is 1.48. The van der Waals surface area contributed by atoms with Crippen molar-refractivity contribution in [1.29, 1.82) is 0 Å². The van der Waals surface area contributed by atoms with Gasteiger partial charge in [-0.1, -0.05) is 24.3 Å². The number of fused-ring (bicyclic) bond motifs is 1. The number of para-hydroxylation sites is 1. The minimum Gasteiger partial charge on any atom is -0.410 e. The van der Waals surface area contributed by atoms with Gasteiger partial charge in [-0.25, -0.2) is 4.79 Å². The van der Waals surface area contributed by atoms with E-state index < -0.39 is 0 Å². The number of benzene rings is 2. The van der Waals surface area contributed by atoms with Crippen LogP contribution in [0, 0.1) is 0 Å². The number of H-pyrrole nitrogens is 1. The first kappa shape index (κ1) is 16.2. The van der Waals surface area contributed by atoms with E-state index in [1.165, 1.54) is 0 Å². The van der Waals surface area contributed by atoms with Gasteiger partial charge in [-0.3, -0.25) is 4.79 Å². The molecule has 0 atom stereocenters. The normalized spacial score (nSPS) is 14.5. The lowest BCUT2D eigenvalue weighted by Gasteiger charge is -2.34. The number of amides is 2. The van der Waals surface area contributed by atoms with Gasteiger partial charge in [0.2, 0.25) is 0 Å². The number of nitrogens with zero attached hydrogens (tertiary/aromatic N) is 2. The molecule has 6 heteroatoms. The standard InChI is InChI=1S/C20H19N3O3/c24-19(16-7-6-15-8-9-21-18(15)14-16)22-10-12-23(13-11-22)20(25)26-17-4-2-1-3-5-17/h1-9,14,21H,10-13H2. The Labute approximate surface area is 151 Å². The van der Waals surface area contributed by atoms with E-state index in [9.17, 15) is 9.59 Å². The molecule has 26 heavy (non-hydrogen) atoms. The molecule has 1 fully saturated rings. The summed E-state index contributed by atoms with van der Waals surface area (Å²) in [6, 6.07) is 16.6. The van der Waals surface area contributed by atoms with Gasteiger partial charge in [-0.15, -0.1) is 0 Å². The number of aromatic amines is 1. The third kappa shape index (κ3) is 3.26. The highest BCUT2D eigenvalue weighted by Crippen LogP contribution is 2.17. The van der Waals surface area contributed by atoms with Crippen LogP contribution < -0.4 is 4.74 Å². The minimum atomic E-state index is -0.379. The van der Waals surface area contributed by atoms with E-state index in [4.69, 9.17) is 4.74 Å². The average Bonchev–Trinajstić information content (AvgIpc) is 3.16. The van der Waals surface area contributed by atoms with Gasteiger partial charge in [-0.2, -0.15) is 0 Å². The average molecular weight is 349 g/mol. The molecule has 1 N–H and O–H groups in total. The molecule has 1 saturated heterocycles. The first-order chi connectivity index (χ1) is 12.7. The second-order valence-corrected chi connectivity index (χ2v) is 6.24. The van der Waals surface area contributed by atoms with Crippen molar-refractivity contribution in [3.05, 3.63) is 66.4 Å². The maximum Gasteiger partial charge on any atom is 0.415 e. The Morgan fingerprint density at radius 3 is 2.38 bits per heavy atom. The molecule has 2 aromatic carbocycles. The van der Waals surface area contributed by atoms with Crippen LogP contribution in [0.5, 0.6) is 5.75 Å². The Morgan fingerprint density at radius 1 is 0.885 bits per heavy atom. The van der Waals surface area contributed by atoms with Gasteiger partial charge in [0.05, 0.1) is 0 Å². The molecule has 1 aromatic heterocycles. The maximum atomic E-state index is 12.7. The molecule has 0 saturated carbocycles. The molecule has 6 nitrogen and oxygen atoms in total. The third-order valence-corrected chi connectivity index (χ3v) is 4.58. The lowest BCUT2D eigenvalue weighted by molar-refractivity contribution is 0.0633. The van der Waals surface area contributed by atoms with Gasteiger partial charge in [-0.05, 0) is 35.7 Å². The summed E-state index contributed by atoms with van der Waals surface area (Å²) >= 11 is 0. The van der Waals surface area contributed by atoms with Crippen molar-refractivity contribution < 1.29 is 14.3 Å². The summed E-state index contributed by atoms with van der Waals surface area (Å²) in [6.45, 7) is 1.90. The Kier molecular flexibility index (Phi) is 4.31. The minimum absolute atomic E-state index is 0.0161. The fourth-order valence-electron chi connectivity index (χ4n) is 3.11. The smallest absolute Gasteiger partial charge is 0.410 e. The molecular weight excluding hydrogens is 330 g/mol. The first-order valence-electron chi connectivity index (χ1n) is 8.59. The van der Waals surface area contributed by atoms with Gasteiger partial charge < -0.3 is 19.5 Å². The Bertz CT molecular complexity index is 928. The van der Waals surface area contributed by atoms with Crippen molar-refractivity contribution in [2.45, 2.75) is 0 Å². The number of carbonyl (C=O) groups excluding carboxylic acids is 2. The fraction of sp³-hybridized carbons (Fsp3) is 0.200. The molecule has 2 heterocycles. The number of carbonyl (C=O) groups is 2. The fourth-order valence-corrected chi connectivity index (χ4v) is 3.11. The molecule has 2 amide bonds. The number of hydrogen-bond donors (Lipinski definition) is 1. The number of hydrogen-bond acceptors (Lipinski definition) is 3. The maximum absolute atomic E-state index is 12.7. The molecule has 0 bridgehead atoms. The zero-order valence-corrected chi connectivity index (χ0v) is 14.2. The van der Waals surface area contributed by atoms with Crippen LogP contribution in [0.15, 0.2) is 60.8 Å². The first-order valence-corrected chi connectivity index (χ1v) is 8.59. The highest BCUT2D eigenvalue weighted by molar-refractivity contribution is 5.98. The lowest BCUT2D eigenvalue weighted by atomic mass is 10.1. The van der Waals surface area contributed by atoms with E-state index in [2.05, 4.69) is 4.98 Å². The molecule has 1 aliphatic rings. The van der Waals surface area contributed by atoms with Crippen molar-refractivity contribution in [3.63, 3.8) is 0 Å². The van der Waals surface area contributed by atoms with Crippen molar-refractivity contribution in [2.75, 3.05) is 26.2 Å². The van der Waals surface area contributed by atoms with E-state index in [0.717, 1.165) is 10.9 Å². The molecule has 0 radical (unpaired) electrons. The van der Waals surface area contributed by atoms with Crippen LogP contribution in [0.1, 0.15) is 10.4 Å². The number of nitrogens with one attached hydrogen (secondary N) is 1. The number of rotatable bonds is 2. The summed E-state index contributed by atoms with van der Waals surface area (Å²) in [7, 11) is 0. The quantitative estimate of drug-likeness (QED) is 0.773. The Balaban J connectivity index is 1.36. The summed E-state index contributed by atoms with van der Waals surface area (Å²) in [5, 5.41) is 1.08. The highest BCUT2D eigenvalue weighted by atomic mass is 16.6. The predicted octanol–water partition coefficient (Wildman–Crippen LogP) is 3.12. The van der Waals surface area contributed by atoms with E-state index >= 15 is 0 Å². The van der Waals surface area contributed by atoms with Crippen molar-refractivity contribution in [3.8, 4) is 5.75 Å². The lowest BCUT2D eigenvalue weighted by Crippen LogP contribution is -2.51. The summed E-state index contributed by atoms with van der Waals surface area (Å²) in [5.74, 6) is 0.507. The largest absolute Gasteiger partial charge is 0.415 e. The Morgan fingerprint density at radius 2 is 1.62 bits per heavy atom. The van der Waals surface area contributed by atoms with Crippen LogP contribution in [0.4, 0.5) is 4.79 Å². The second kappa shape index (κ2) is 6.92. The van der Waals surface area contributed by atoms with E-state index in [1.807, 2.05) is 48.7 Å². The zero-order chi connectivity index (χ0) is 17.9. The summed E-state index contributed by atoms with van der Waals surface area (Å²) < 4.78 is 5.35. The van der Waals surface area contributed by atoms with Crippen LogP contribution in [-0.4, -0.2) is 53.0 Å². The van der Waals surface area contributed by atoms with Gasteiger partial charge >= 0.3 is 6.09 Å². The Hall–Kier alpha value is -3.28. The third-order valence-electron chi connectivity index (χ3n) is 4.58. The number of aromatic nitrogens is 1. The molecule has 3 aromatic rings. The molecule has 1 aliphatic heterocycles. The molecule has 0 unspecified atom stereocenters. The number of ether oxygens (including phenoxy) is 1. The second-order valence-electron chi connectivity index (χ2n) is 6.24. The van der Waals surface area contributed by atoms with E-state index in [0.29, 0.717) is 37.5 Å². The van der Waals surface area contributed by atoms with Crippen LogP contribution in [0.2, 0.25) is 0 Å². The molecule has 0 aliphatic carbocycles. The topological polar surface area (TPSA) is 65.6 Å². The van der Waals surface area contributed by atoms with Crippen LogP contribution in [0.25, 0.3) is 10.9 Å². The number of piperazine rings is 1. The van der Waals surface area contributed by atoms with E-state index in [-0.39, 0.29) is 12.0 Å². The molecule has 4 rings (SSSR count). The monoisotopic (exact) mass is 349 g/mol. The van der Waals surface area contributed by atoms with Crippen molar-refractivity contribution in [2.24, 2.45) is 0 Å². The molecule has 132 valence electrons. The highest BCUT2D eigenvalue weighted by Gasteiger charge is 2.26. The summed E-state index contributed by atoms with van der Waals surface area (Å²) in [4.78, 5) is 31.5. The van der Waals surface area contributed by atoms with Crippen molar-refractivity contribution >= 4 is 22.9 Å². The van der Waals surface area contributed by atoms with Crippen LogP contribution >= 0.6 is 0 Å². The summed E-state index contributed by atoms with van der Waals surface area (Å²) in [5.41, 5.74) is 1.60. The van der Waals surface area contributed by atoms with Gasteiger partial charge in [0.15, 0.2) is 0 Å². The SMILES string of the molecule is O=C(Oc1ccccc1)N1CCN(C(=O)c2ccc3cc[nH]c3c2)CC1.